The molecule has 0 saturated carbocycles. The van der Waals surface area contributed by atoms with Gasteiger partial charge in [0.1, 0.15) is 11.9 Å². The normalized spacial score (nSPS) is 16.8. The predicted octanol–water partition coefficient (Wildman–Crippen LogP) is 0.798. The summed E-state index contributed by atoms with van der Waals surface area (Å²) in [6.45, 7) is 0.714. The van der Waals surface area contributed by atoms with Gasteiger partial charge in [-0.15, -0.1) is 0 Å². The van der Waals surface area contributed by atoms with Gasteiger partial charge in [0.25, 0.3) is 0 Å². The number of nitrogens with one attached hydrogen (secondary N) is 1. The first-order chi connectivity index (χ1) is 6.81. The third kappa shape index (κ3) is 1.46. The Kier molecular flexibility index (Phi) is 2.19. The van der Waals surface area contributed by atoms with Crippen LogP contribution in [0.4, 0.5) is 5.82 Å². The molecule has 5 nitrogen and oxygen atoms in total. The Hall–Kier alpha value is -1.83. The van der Waals surface area contributed by atoms with Crippen LogP contribution >= 0.6 is 0 Å². The maximum Gasteiger partial charge on any atom is 0.228 e. The summed E-state index contributed by atoms with van der Waals surface area (Å²) < 4.78 is 0. The largest absolute Gasteiger partial charge is 0.297 e. The number of carbonyl (C=O) groups is 1. The van der Waals surface area contributed by atoms with Gasteiger partial charge in [0.05, 0.1) is 0 Å². The van der Waals surface area contributed by atoms with Crippen molar-refractivity contribution in [2.45, 2.75) is 19.3 Å². The van der Waals surface area contributed by atoms with E-state index in [0.29, 0.717) is 24.5 Å². The number of piperidine rings is 1. The van der Waals surface area contributed by atoms with Crippen molar-refractivity contribution in [3.8, 4) is 6.07 Å². The Morgan fingerprint density at radius 1 is 1.57 bits per heavy atom. The summed E-state index contributed by atoms with van der Waals surface area (Å²) in [6, 6.07) is 3.52. The molecule has 0 spiro atoms. The lowest BCUT2D eigenvalue weighted by Gasteiger charge is -2.24. The van der Waals surface area contributed by atoms with E-state index in [-0.39, 0.29) is 5.91 Å². The van der Waals surface area contributed by atoms with Gasteiger partial charge in [0.15, 0.2) is 5.69 Å². The van der Waals surface area contributed by atoms with Gasteiger partial charge >= 0.3 is 0 Å². The van der Waals surface area contributed by atoms with E-state index in [1.54, 1.807) is 11.0 Å². The highest BCUT2D eigenvalue weighted by molar-refractivity contribution is 5.93. The highest BCUT2D eigenvalue weighted by Crippen LogP contribution is 2.18. The van der Waals surface area contributed by atoms with Gasteiger partial charge in [-0.3, -0.25) is 14.8 Å². The lowest BCUT2D eigenvalue weighted by atomic mass is 10.1. The maximum absolute atomic E-state index is 11.5. The van der Waals surface area contributed by atoms with Crippen molar-refractivity contribution in [1.82, 2.24) is 10.2 Å². The summed E-state index contributed by atoms with van der Waals surface area (Å²) in [6.07, 6.45) is 2.54. The number of hydrogen-bond acceptors (Lipinski definition) is 3. The minimum atomic E-state index is 0.101. The fourth-order valence-electron chi connectivity index (χ4n) is 1.57. The van der Waals surface area contributed by atoms with Gasteiger partial charge in [-0.05, 0) is 12.8 Å². The molecule has 0 unspecified atom stereocenters. The molecule has 14 heavy (non-hydrogen) atoms. The second-order valence-corrected chi connectivity index (χ2v) is 3.25. The zero-order valence-electron chi connectivity index (χ0n) is 7.66. The number of hydrogen-bond donors (Lipinski definition) is 1. The first kappa shape index (κ1) is 8.75. The molecule has 1 aliphatic rings. The van der Waals surface area contributed by atoms with Crippen LogP contribution in [-0.2, 0) is 4.79 Å². The Morgan fingerprint density at radius 3 is 3.07 bits per heavy atom. The number of nitriles is 1. The molecule has 2 rings (SSSR count). The van der Waals surface area contributed by atoms with E-state index in [9.17, 15) is 4.79 Å². The van der Waals surface area contributed by atoms with Crippen LogP contribution in [0.15, 0.2) is 6.07 Å². The number of rotatable bonds is 1. The predicted molar refractivity (Wildman–Crippen MR) is 49.5 cm³/mol. The molecule has 1 fully saturated rings. The molecule has 0 bridgehead atoms. The molecule has 0 aliphatic carbocycles. The van der Waals surface area contributed by atoms with Crippen molar-refractivity contribution in [1.29, 1.82) is 5.26 Å². The number of H-pyrrole nitrogens is 1. The number of nitrogens with zero attached hydrogens (tertiary/aromatic N) is 3. The van der Waals surface area contributed by atoms with Gasteiger partial charge in [-0.2, -0.15) is 10.4 Å². The molecule has 72 valence electrons. The maximum atomic E-state index is 11.5. The van der Waals surface area contributed by atoms with Crippen LogP contribution < -0.4 is 4.90 Å². The van der Waals surface area contributed by atoms with Crippen molar-refractivity contribution >= 4 is 11.7 Å². The van der Waals surface area contributed by atoms with E-state index in [4.69, 9.17) is 5.26 Å². The van der Waals surface area contributed by atoms with Gasteiger partial charge in [0, 0.05) is 19.0 Å². The third-order valence-corrected chi connectivity index (χ3v) is 2.29. The number of amides is 1. The van der Waals surface area contributed by atoms with E-state index in [1.807, 2.05) is 6.07 Å². The summed E-state index contributed by atoms with van der Waals surface area (Å²) in [5.41, 5.74) is 0.318. The monoisotopic (exact) mass is 190 g/mol. The molecular weight excluding hydrogens is 180 g/mol. The standard InChI is InChI=1S/C9H10N4O/c10-6-7-5-8(12-11-7)13-4-2-1-3-9(13)14/h5H,1-4H2,(H,11,12). The van der Waals surface area contributed by atoms with Gasteiger partial charge in [-0.1, -0.05) is 0 Å². The molecule has 1 aromatic heterocycles. The van der Waals surface area contributed by atoms with Crippen molar-refractivity contribution in [2.24, 2.45) is 0 Å². The van der Waals surface area contributed by atoms with Crippen LogP contribution in [0.5, 0.6) is 0 Å². The van der Waals surface area contributed by atoms with Crippen LogP contribution in [0.3, 0.4) is 0 Å². The Labute approximate surface area is 81.3 Å². The molecule has 1 aromatic rings. The Morgan fingerprint density at radius 2 is 2.43 bits per heavy atom. The molecule has 1 aliphatic heterocycles. The summed E-state index contributed by atoms with van der Waals surface area (Å²) in [4.78, 5) is 13.1. The lowest BCUT2D eigenvalue weighted by Crippen LogP contribution is -2.35. The highest BCUT2D eigenvalue weighted by atomic mass is 16.2. The zero-order chi connectivity index (χ0) is 9.97. The average Bonchev–Trinajstić information content (AvgIpc) is 2.67. The summed E-state index contributed by atoms with van der Waals surface area (Å²) >= 11 is 0. The second-order valence-electron chi connectivity index (χ2n) is 3.25. The minimum absolute atomic E-state index is 0.101. The lowest BCUT2D eigenvalue weighted by molar-refractivity contribution is -0.119. The van der Waals surface area contributed by atoms with Crippen molar-refractivity contribution < 1.29 is 4.79 Å². The smallest absolute Gasteiger partial charge is 0.228 e. The molecular formula is C9H10N4O. The van der Waals surface area contributed by atoms with Gasteiger partial charge in [0.2, 0.25) is 5.91 Å². The molecule has 0 radical (unpaired) electrons. The quantitative estimate of drug-likeness (QED) is 0.711. The fourth-order valence-corrected chi connectivity index (χ4v) is 1.57. The number of anilines is 1. The van der Waals surface area contributed by atoms with E-state index in [2.05, 4.69) is 10.2 Å². The molecule has 2 heterocycles. The number of aromatic amines is 1. The summed E-state index contributed by atoms with van der Waals surface area (Å²) in [5.74, 6) is 0.732. The van der Waals surface area contributed by atoms with Crippen LogP contribution in [0.2, 0.25) is 0 Å². The highest BCUT2D eigenvalue weighted by Gasteiger charge is 2.20. The van der Waals surface area contributed by atoms with E-state index in [1.165, 1.54) is 0 Å². The van der Waals surface area contributed by atoms with Crippen molar-refractivity contribution in [3.63, 3.8) is 0 Å². The molecule has 1 saturated heterocycles. The van der Waals surface area contributed by atoms with E-state index >= 15 is 0 Å². The number of aromatic nitrogens is 2. The van der Waals surface area contributed by atoms with E-state index in [0.717, 1.165) is 12.8 Å². The second kappa shape index (κ2) is 3.50. The van der Waals surface area contributed by atoms with Gasteiger partial charge < -0.3 is 0 Å². The average molecular weight is 190 g/mol. The number of carbonyl (C=O) groups excluding carboxylic acids is 1. The van der Waals surface area contributed by atoms with Crippen LogP contribution in [0.1, 0.15) is 25.0 Å². The first-order valence-electron chi connectivity index (χ1n) is 4.57. The van der Waals surface area contributed by atoms with Crippen LogP contribution in [0.25, 0.3) is 0 Å². The first-order valence-corrected chi connectivity index (χ1v) is 4.57. The summed E-state index contributed by atoms with van der Waals surface area (Å²) in [7, 11) is 0. The Bertz CT molecular complexity index is 390. The van der Waals surface area contributed by atoms with Crippen molar-refractivity contribution in [2.75, 3.05) is 11.4 Å². The minimum Gasteiger partial charge on any atom is -0.297 e. The van der Waals surface area contributed by atoms with Crippen LogP contribution in [-0.4, -0.2) is 22.6 Å². The molecule has 0 aromatic carbocycles. The van der Waals surface area contributed by atoms with Crippen LogP contribution in [0, 0.1) is 11.3 Å². The topological polar surface area (TPSA) is 72.8 Å². The van der Waals surface area contributed by atoms with Crippen molar-refractivity contribution in [3.05, 3.63) is 11.8 Å². The fraction of sp³-hybridized carbons (Fsp3) is 0.444. The van der Waals surface area contributed by atoms with E-state index < -0.39 is 0 Å². The SMILES string of the molecule is N#Cc1cc(N2CCCCC2=O)[nH]n1. The third-order valence-electron chi connectivity index (χ3n) is 2.29. The molecule has 0 atom stereocenters. The van der Waals surface area contributed by atoms with Gasteiger partial charge in [-0.25, -0.2) is 0 Å². The zero-order valence-corrected chi connectivity index (χ0v) is 7.66. The molecule has 1 amide bonds. The molecule has 5 heteroatoms. The Balaban J connectivity index is 2.21. The summed E-state index contributed by atoms with van der Waals surface area (Å²) in [5, 5.41) is 15.0. The molecule has 1 N–H and O–H groups in total.